The Morgan fingerprint density at radius 1 is 1.47 bits per heavy atom. The summed E-state index contributed by atoms with van der Waals surface area (Å²) in [6.45, 7) is 0.103. The normalized spacial score (nSPS) is 18.0. The number of ether oxygens (including phenoxy) is 1. The second-order valence-electron chi connectivity index (χ2n) is 4.56. The smallest absolute Gasteiger partial charge is 0.215 e. The van der Waals surface area contributed by atoms with Gasteiger partial charge in [-0.25, -0.2) is 0 Å². The molecule has 1 aromatic heterocycles. The molecule has 94 valence electrons. The highest BCUT2D eigenvalue weighted by Gasteiger charge is 2.33. The molecule has 0 spiro atoms. The van der Waals surface area contributed by atoms with Gasteiger partial charge >= 0.3 is 0 Å². The molecule has 0 saturated heterocycles. The van der Waals surface area contributed by atoms with Gasteiger partial charge in [0.15, 0.2) is 5.82 Å². The predicted octanol–water partition coefficient (Wildman–Crippen LogP) is 1.39. The van der Waals surface area contributed by atoms with E-state index in [0.717, 1.165) is 25.7 Å². The third-order valence-electron chi connectivity index (χ3n) is 3.36. The number of hydrogen-bond acceptors (Lipinski definition) is 5. The minimum atomic E-state index is -0.270. The molecule has 2 rings (SSSR count). The summed E-state index contributed by atoms with van der Waals surface area (Å²) in [6.07, 6.45) is 4.14. The molecule has 1 fully saturated rings. The second kappa shape index (κ2) is 4.79. The number of nitrogens with zero attached hydrogens (tertiary/aromatic N) is 1. The van der Waals surface area contributed by atoms with Crippen LogP contribution in [0.5, 0.6) is 5.88 Å². The highest BCUT2D eigenvalue weighted by atomic mass is 16.5. The Morgan fingerprint density at radius 3 is 2.76 bits per heavy atom. The zero-order valence-corrected chi connectivity index (χ0v) is 10.1. The molecule has 1 aliphatic carbocycles. The van der Waals surface area contributed by atoms with Crippen molar-refractivity contribution < 1.29 is 9.84 Å². The zero-order chi connectivity index (χ0) is 12.3. The molecular weight excluding hydrogens is 218 g/mol. The highest BCUT2D eigenvalue weighted by molar-refractivity contribution is 5.63. The fourth-order valence-electron chi connectivity index (χ4n) is 2.29. The van der Waals surface area contributed by atoms with Gasteiger partial charge in [0, 0.05) is 6.07 Å². The van der Waals surface area contributed by atoms with Crippen LogP contribution in [0.4, 0.5) is 11.5 Å². The first-order chi connectivity index (χ1) is 8.19. The maximum absolute atomic E-state index is 9.53. The Kier molecular flexibility index (Phi) is 3.38. The molecule has 5 nitrogen and oxygen atoms in total. The maximum atomic E-state index is 9.53. The van der Waals surface area contributed by atoms with Gasteiger partial charge in [0.25, 0.3) is 0 Å². The number of methoxy groups -OCH3 is 1. The van der Waals surface area contributed by atoms with Crippen LogP contribution in [0.1, 0.15) is 25.7 Å². The molecule has 0 unspecified atom stereocenters. The van der Waals surface area contributed by atoms with Gasteiger partial charge in [-0.1, -0.05) is 12.8 Å². The Hall–Kier alpha value is -1.49. The lowest BCUT2D eigenvalue weighted by Crippen LogP contribution is -2.39. The number of nitrogens with two attached hydrogens (primary N) is 1. The van der Waals surface area contributed by atoms with E-state index in [1.54, 1.807) is 19.2 Å². The van der Waals surface area contributed by atoms with Crippen molar-refractivity contribution in [3.05, 3.63) is 12.1 Å². The topological polar surface area (TPSA) is 80.4 Å². The summed E-state index contributed by atoms with van der Waals surface area (Å²) in [6, 6.07) is 3.48. The summed E-state index contributed by atoms with van der Waals surface area (Å²) in [5.74, 6) is 1.12. The van der Waals surface area contributed by atoms with Gasteiger partial charge in [0.05, 0.1) is 24.9 Å². The molecule has 0 radical (unpaired) electrons. The van der Waals surface area contributed by atoms with E-state index >= 15 is 0 Å². The molecule has 1 saturated carbocycles. The van der Waals surface area contributed by atoms with Crippen molar-refractivity contribution >= 4 is 11.5 Å². The van der Waals surface area contributed by atoms with E-state index in [2.05, 4.69) is 10.3 Å². The van der Waals surface area contributed by atoms with Crippen molar-refractivity contribution in [1.29, 1.82) is 0 Å². The lowest BCUT2D eigenvalue weighted by molar-refractivity contribution is 0.214. The number of aromatic nitrogens is 1. The van der Waals surface area contributed by atoms with Crippen LogP contribution in [0, 0.1) is 0 Å². The number of hydrogen-bond donors (Lipinski definition) is 3. The van der Waals surface area contributed by atoms with Crippen molar-refractivity contribution in [3.63, 3.8) is 0 Å². The molecule has 1 aliphatic rings. The van der Waals surface area contributed by atoms with Gasteiger partial charge in [-0.15, -0.1) is 0 Å². The van der Waals surface area contributed by atoms with E-state index in [9.17, 15) is 5.11 Å². The van der Waals surface area contributed by atoms with Crippen molar-refractivity contribution in [1.82, 2.24) is 4.98 Å². The molecule has 5 heteroatoms. The van der Waals surface area contributed by atoms with Gasteiger partial charge in [-0.2, -0.15) is 4.98 Å². The monoisotopic (exact) mass is 237 g/mol. The van der Waals surface area contributed by atoms with Crippen LogP contribution in [0.25, 0.3) is 0 Å². The molecule has 17 heavy (non-hydrogen) atoms. The Bertz CT molecular complexity index is 389. The number of nitrogen functional groups attached to an aromatic ring is 1. The fourth-order valence-corrected chi connectivity index (χ4v) is 2.29. The van der Waals surface area contributed by atoms with E-state index in [1.165, 1.54) is 0 Å². The van der Waals surface area contributed by atoms with E-state index in [-0.39, 0.29) is 12.1 Å². The Balaban J connectivity index is 2.22. The molecule has 0 atom stereocenters. The van der Waals surface area contributed by atoms with Gasteiger partial charge in [0.2, 0.25) is 5.88 Å². The highest BCUT2D eigenvalue weighted by Crippen LogP contribution is 2.34. The predicted molar refractivity (Wildman–Crippen MR) is 67.1 cm³/mol. The van der Waals surface area contributed by atoms with E-state index in [0.29, 0.717) is 17.4 Å². The standard InChI is InChI=1S/C12H19N3O2/c1-17-10-5-4-9(13)11(14-10)15-12(8-16)6-2-3-7-12/h4-5,16H,2-3,6-8,13H2,1H3,(H,14,15). The number of nitrogens with one attached hydrogen (secondary N) is 1. The summed E-state index contributed by atoms with van der Waals surface area (Å²) < 4.78 is 5.07. The third kappa shape index (κ3) is 2.44. The molecule has 1 heterocycles. The van der Waals surface area contributed by atoms with Crippen LogP contribution >= 0.6 is 0 Å². The average Bonchev–Trinajstić information content (AvgIpc) is 2.81. The second-order valence-corrected chi connectivity index (χ2v) is 4.56. The summed E-state index contributed by atoms with van der Waals surface area (Å²) >= 11 is 0. The Morgan fingerprint density at radius 2 is 2.18 bits per heavy atom. The van der Waals surface area contributed by atoms with Gasteiger partial charge in [-0.05, 0) is 18.9 Å². The van der Waals surface area contributed by atoms with Gasteiger partial charge < -0.3 is 20.9 Å². The number of rotatable bonds is 4. The number of aliphatic hydroxyl groups excluding tert-OH is 1. The van der Waals surface area contributed by atoms with Crippen LogP contribution in [-0.2, 0) is 0 Å². The molecule has 0 aliphatic heterocycles. The first-order valence-corrected chi connectivity index (χ1v) is 5.89. The third-order valence-corrected chi connectivity index (χ3v) is 3.36. The number of aliphatic hydroxyl groups is 1. The summed E-state index contributed by atoms with van der Waals surface area (Å²) in [7, 11) is 1.57. The first kappa shape index (κ1) is 12.0. The summed E-state index contributed by atoms with van der Waals surface area (Å²) in [4.78, 5) is 4.28. The molecule has 4 N–H and O–H groups in total. The lowest BCUT2D eigenvalue weighted by atomic mass is 9.99. The van der Waals surface area contributed by atoms with E-state index in [1.807, 2.05) is 0 Å². The maximum Gasteiger partial charge on any atom is 0.215 e. The first-order valence-electron chi connectivity index (χ1n) is 5.89. The fraction of sp³-hybridized carbons (Fsp3) is 0.583. The molecule has 1 aromatic rings. The van der Waals surface area contributed by atoms with Crippen LogP contribution in [-0.4, -0.2) is 29.3 Å². The molecule has 0 bridgehead atoms. The van der Waals surface area contributed by atoms with Crippen molar-refractivity contribution in [2.24, 2.45) is 0 Å². The van der Waals surface area contributed by atoms with Crippen molar-refractivity contribution in [2.75, 3.05) is 24.8 Å². The van der Waals surface area contributed by atoms with E-state index < -0.39 is 0 Å². The SMILES string of the molecule is COc1ccc(N)c(NC2(CO)CCCC2)n1. The minimum Gasteiger partial charge on any atom is -0.481 e. The van der Waals surface area contributed by atoms with Crippen LogP contribution in [0.15, 0.2) is 12.1 Å². The molecular formula is C12H19N3O2. The Labute approximate surface area is 101 Å². The van der Waals surface area contributed by atoms with Crippen molar-refractivity contribution in [3.8, 4) is 5.88 Å². The quantitative estimate of drug-likeness (QED) is 0.737. The number of anilines is 2. The van der Waals surface area contributed by atoms with Crippen LogP contribution in [0.2, 0.25) is 0 Å². The van der Waals surface area contributed by atoms with Crippen LogP contribution < -0.4 is 15.8 Å². The summed E-state index contributed by atoms with van der Waals surface area (Å²) in [5, 5.41) is 12.8. The summed E-state index contributed by atoms with van der Waals surface area (Å²) in [5.41, 5.74) is 6.18. The van der Waals surface area contributed by atoms with Gasteiger partial charge in [0.1, 0.15) is 0 Å². The zero-order valence-electron chi connectivity index (χ0n) is 10.1. The largest absolute Gasteiger partial charge is 0.481 e. The lowest BCUT2D eigenvalue weighted by Gasteiger charge is -2.29. The van der Waals surface area contributed by atoms with Crippen molar-refractivity contribution in [2.45, 2.75) is 31.2 Å². The van der Waals surface area contributed by atoms with Crippen LogP contribution in [0.3, 0.4) is 0 Å². The number of pyridine rings is 1. The minimum absolute atomic E-state index is 0.103. The van der Waals surface area contributed by atoms with Gasteiger partial charge in [-0.3, -0.25) is 0 Å². The average molecular weight is 237 g/mol. The van der Waals surface area contributed by atoms with E-state index in [4.69, 9.17) is 10.5 Å². The molecule has 0 aromatic carbocycles. The molecule has 0 amide bonds.